The molecule has 2 rings (SSSR count). The first-order valence-corrected chi connectivity index (χ1v) is 9.46. The molecule has 0 radical (unpaired) electrons. The van der Waals surface area contributed by atoms with Gasteiger partial charge in [-0.25, -0.2) is 0 Å². The van der Waals surface area contributed by atoms with Crippen molar-refractivity contribution in [3.63, 3.8) is 0 Å². The van der Waals surface area contributed by atoms with Crippen molar-refractivity contribution in [3.8, 4) is 23.0 Å². The molecule has 0 heterocycles. The third-order valence-corrected chi connectivity index (χ3v) is 3.43. The molecule has 12 nitrogen and oxygen atoms in total. The molecule has 0 atom stereocenters. The van der Waals surface area contributed by atoms with E-state index in [9.17, 15) is 19.8 Å². The smallest absolute Gasteiger partial charge is 0.872 e. The third kappa shape index (κ3) is 16.3. The number of carbonyl (C=O) groups excluding carboxylic acids is 2. The molecule has 0 aliphatic heterocycles. The zero-order chi connectivity index (χ0) is 26.8. The van der Waals surface area contributed by atoms with E-state index in [0.717, 1.165) is 25.0 Å². The number of phenolic OH excluding ortho intramolecular Hbond substituents is 2. The molecule has 0 aliphatic rings. The number of rotatable bonds is 4. The van der Waals surface area contributed by atoms with Crippen LogP contribution in [0.2, 0.25) is 0 Å². The molecule has 35 heavy (non-hydrogen) atoms. The average molecular weight is 537 g/mol. The summed E-state index contributed by atoms with van der Waals surface area (Å²) in [5, 5.41) is 62.5. The molecule has 0 aliphatic carbocycles. The standard InChI is InChI=1S/2C8H9NO3.2C3H7NO.Ni/c2*1-5(9-12)7-3-2-6(10)4-8(7)11;2*1-4(2)3-5;/h2*2-4,10-12H,1H3;2*3H,1-2H3;/q;;;;+2/p-2/b2*9-5+;;;. The number of phenols is 2. The normalized spacial score (nSPS) is 9.89. The van der Waals surface area contributed by atoms with E-state index in [4.69, 9.17) is 20.6 Å². The van der Waals surface area contributed by atoms with Gasteiger partial charge in [0.25, 0.3) is 0 Å². The predicted molar refractivity (Wildman–Crippen MR) is 123 cm³/mol. The van der Waals surface area contributed by atoms with Gasteiger partial charge in [-0.05, 0) is 61.4 Å². The van der Waals surface area contributed by atoms with Gasteiger partial charge in [0, 0.05) is 28.2 Å². The Morgan fingerprint density at radius 2 is 1.00 bits per heavy atom. The minimum Gasteiger partial charge on any atom is -0.872 e. The van der Waals surface area contributed by atoms with Crippen LogP contribution in [0.15, 0.2) is 46.7 Å². The quantitative estimate of drug-likeness (QED) is 0.144. The molecular formula is C22H30N4NiO8. The number of carbonyl (C=O) groups is 2. The Morgan fingerprint density at radius 1 is 0.743 bits per heavy atom. The van der Waals surface area contributed by atoms with Crippen LogP contribution < -0.4 is 10.2 Å². The van der Waals surface area contributed by atoms with Gasteiger partial charge in [-0.15, -0.1) is 0 Å². The summed E-state index contributed by atoms with van der Waals surface area (Å²) >= 11 is 0. The topological polar surface area (TPSA) is 192 Å². The van der Waals surface area contributed by atoms with Crippen molar-refractivity contribution in [2.75, 3.05) is 28.2 Å². The van der Waals surface area contributed by atoms with Crippen LogP contribution in [0.4, 0.5) is 0 Å². The van der Waals surface area contributed by atoms with E-state index in [1.165, 1.54) is 47.9 Å². The summed E-state index contributed by atoms with van der Waals surface area (Å²) in [4.78, 5) is 21.8. The molecule has 4 N–H and O–H groups in total. The number of hydrogen-bond donors (Lipinski definition) is 4. The van der Waals surface area contributed by atoms with Gasteiger partial charge in [-0.2, -0.15) is 0 Å². The molecule has 2 amide bonds. The van der Waals surface area contributed by atoms with E-state index in [-0.39, 0.29) is 62.0 Å². The molecule has 0 spiro atoms. The minimum atomic E-state index is -0.356. The van der Waals surface area contributed by atoms with Gasteiger partial charge in [-0.1, -0.05) is 21.8 Å². The maximum Gasteiger partial charge on any atom is 2.00 e. The van der Waals surface area contributed by atoms with Crippen molar-refractivity contribution < 1.29 is 56.9 Å². The fourth-order valence-electron chi connectivity index (χ4n) is 1.73. The van der Waals surface area contributed by atoms with Crippen LogP contribution in [0.5, 0.6) is 23.0 Å². The van der Waals surface area contributed by atoms with Gasteiger partial charge in [-0.3, -0.25) is 9.59 Å². The summed E-state index contributed by atoms with van der Waals surface area (Å²) in [6.45, 7) is 3.02. The number of aromatic hydroxyl groups is 2. The molecule has 0 unspecified atom stereocenters. The Labute approximate surface area is 214 Å². The Balaban J connectivity index is -0.000000419. The molecule has 0 fully saturated rings. The second kappa shape index (κ2) is 19.5. The predicted octanol–water partition coefficient (Wildman–Crippen LogP) is 0.734. The fraction of sp³-hybridized carbons (Fsp3) is 0.273. The van der Waals surface area contributed by atoms with Crippen LogP contribution in [0.3, 0.4) is 0 Å². The fourth-order valence-corrected chi connectivity index (χ4v) is 1.73. The van der Waals surface area contributed by atoms with E-state index in [1.807, 2.05) is 0 Å². The van der Waals surface area contributed by atoms with Crippen LogP contribution >= 0.6 is 0 Å². The minimum absolute atomic E-state index is 0. The average Bonchev–Trinajstić information content (AvgIpc) is 2.79. The van der Waals surface area contributed by atoms with Crippen molar-refractivity contribution >= 4 is 24.2 Å². The van der Waals surface area contributed by atoms with Crippen molar-refractivity contribution in [2.45, 2.75) is 13.8 Å². The Hall–Kier alpha value is -3.99. The summed E-state index contributed by atoms with van der Waals surface area (Å²) in [6.07, 6.45) is 1.50. The van der Waals surface area contributed by atoms with Crippen molar-refractivity contribution in [1.29, 1.82) is 0 Å². The molecule has 0 bridgehead atoms. The first-order valence-electron chi connectivity index (χ1n) is 9.46. The molecule has 0 saturated heterocycles. The van der Waals surface area contributed by atoms with Gasteiger partial charge in [0.2, 0.25) is 12.8 Å². The van der Waals surface area contributed by atoms with Crippen molar-refractivity contribution in [3.05, 3.63) is 47.5 Å². The molecule has 0 saturated carbocycles. The van der Waals surface area contributed by atoms with Crippen LogP contribution in [0.1, 0.15) is 25.0 Å². The molecule has 196 valence electrons. The van der Waals surface area contributed by atoms with Gasteiger partial charge in [0.1, 0.15) is 11.5 Å². The molecule has 2 aromatic rings. The van der Waals surface area contributed by atoms with E-state index >= 15 is 0 Å². The molecule has 13 heteroatoms. The summed E-state index contributed by atoms with van der Waals surface area (Å²) < 4.78 is 0. The maximum absolute atomic E-state index is 11.1. The molecule has 0 aromatic heterocycles. The van der Waals surface area contributed by atoms with Crippen molar-refractivity contribution in [2.24, 2.45) is 10.3 Å². The Bertz CT molecular complexity index is 889. The van der Waals surface area contributed by atoms with Gasteiger partial charge >= 0.3 is 16.5 Å². The summed E-state index contributed by atoms with van der Waals surface area (Å²) in [7, 11) is 6.75. The zero-order valence-corrected chi connectivity index (χ0v) is 21.1. The maximum atomic E-state index is 11.1. The van der Waals surface area contributed by atoms with E-state index in [2.05, 4.69) is 10.3 Å². The van der Waals surface area contributed by atoms with Crippen LogP contribution in [0.25, 0.3) is 0 Å². The Morgan fingerprint density at radius 3 is 1.17 bits per heavy atom. The largest absolute Gasteiger partial charge is 2.00 e. The van der Waals surface area contributed by atoms with Gasteiger partial charge in [0.15, 0.2) is 0 Å². The SMILES string of the molecule is C/C(=N\O)c1ccc(O)cc1[O-].C/C(=N\O)c1ccc(O)cc1[O-].CN(C)C=O.CN(C)C=O.[Ni+2]. The molecule has 2 aromatic carbocycles. The number of oxime groups is 2. The summed E-state index contributed by atoms with van der Waals surface area (Å²) in [6, 6.07) is 7.70. The van der Waals surface area contributed by atoms with Crippen molar-refractivity contribution in [1.82, 2.24) is 9.80 Å². The zero-order valence-electron chi connectivity index (χ0n) is 20.1. The molecular weight excluding hydrogens is 507 g/mol. The number of nitrogens with zero attached hydrogens (tertiary/aromatic N) is 4. The first-order chi connectivity index (χ1) is 15.8. The Kier molecular flexibility index (Phi) is 19.8. The summed E-state index contributed by atoms with van der Waals surface area (Å²) in [5.74, 6) is -0.889. The second-order valence-electron chi connectivity index (χ2n) is 6.87. The van der Waals surface area contributed by atoms with E-state index in [0.29, 0.717) is 0 Å². The third-order valence-electron chi connectivity index (χ3n) is 3.43. The number of benzene rings is 2. The monoisotopic (exact) mass is 536 g/mol. The van der Waals surface area contributed by atoms with Crippen LogP contribution in [-0.2, 0) is 26.1 Å². The number of amides is 2. The van der Waals surface area contributed by atoms with Crippen LogP contribution in [0, 0.1) is 0 Å². The number of hydrogen-bond acceptors (Lipinski definition) is 10. The first kappa shape index (κ1) is 35.6. The van der Waals surface area contributed by atoms with Gasteiger partial charge in [0.05, 0.1) is 11.4 Å². The van der Waals surface area contributed by atoms with Gasteiger partial charge < -0.3 is 40.6 Å². The van der Waals surface area contributed by atoms with Crippen LogP contribution in [-0.4, -0.2) is 82.9 Å². The van der Waals surface area contributed by atoms with E-state index in [1.54, 1.807) is 28.2 Å². The van der Waals surface area contributed by atoms with E-state index < -0.39 is 0 Å². The second-order valence-corrected chi connectivity index (χ2v) is 6.87. The summed E-state index contributed by atoms with van der Waals surface area (Å²) in [5.41, 5.74) is 1.05.